The lowest BCUT2D eigenvalue weighted by molar-refractivity contribution is -0.131. The molecule has 2 aromatic carbocycles. The van der Waals surface area contributed by atoms with Crippen molar-refractivity contribution in [2.75, 3.05) is 44.3 Å². The first-order valence-electron chi connectivity index (χ1n) is 9.80. The quantitative estimate of drug-likeness (QED) is 0.649. The molecule has 5 nitrogen and oxygen atoms in total. The van der Waals surface area contributed by atoms with Crippen LogP contribution < -0.4 is 14.4 Å². The van der Waals surface area contributed by atoms with Crippen LogP contribution in [-0.4, -0.2) is 50.2 Å². The van der Waals surface area contributed by atoms with Crippen molar-refractivity contribution in [3.63, 3.8) is 0 Å². The van der Waals surface area contributed by atoms with Crippen LogP contribution in [-0.2, 0) is 4.79 Å². The Morgan fingerprint density at radius 2 is 1.61 bits per heavy atom. The van der Waals surface area contributed by atoms with Crippen LogP contribution in [0.2, 0.25) is 0 Å². The van der Waals surface area contributed by atoms with Crippen molar-refractivity contribution in [2.24, 2.45) is 0 Å². The van der Waals surface area contributed by atoms with Gasteiger partial charge in [0.05, 0.1) is 13.2 Å². The monoisotopic (exact) mass is 386 g/mol. The Kier molecular flexibility index (Phi) is 7.12. The first-order valence-corrected chi connectivity index (χ1v) is 9.80. The van der Waals surface area contributed by atoms with Crippen LogP contribution in [0.4, 0.5) is 10.1 Å². The van der Waals surface area contributed by atoms with Crippen molar-refractivity contribution < 1.29 is 18.7 Å². The van der Waals surface area contributed by atoms with Gasteiger partial charge in [-0.3, -0.25) is 4.79 Å². The first-order chi connectivity index (χ1) is 13.7. The number of anilines is 1. The maximum absolute atomic E-state index is 13.0. The summed E-state index contributed by atoms with van der Waals surface area (Å²) < 4.78 is 24.4. The number of rotatable bonds is 8. The second-order valence-electron chi connectivity index (χ2n) is 6.68. The third kappa shape index (κ3) is 5.38. The summed E-state index contributed by atoms with van der Waals surface area (Å²) in [5, 5.41) is 0. The summed E-state index contributed by atoms with van der Waals surface area (Å²) in [5.74, 6) is 1.36. The molecular formula is C22H27FN2O3. The molecule has 6 heteroatoms. The summed E-state index contributed by atoms with van der Waals surface area (Å²) in [4.78, 5) is 16.5. The largest absolute Gasteiger partial charge is 0.490 e. The Bertz CT molecular complexity index is 759. The van der Waals surface area contributed by atoms with Crippen molar-refractivity contribution in [3.05, 3.63) is 54.3 Å². The van der Waals surface area contributed by atoms with Gasteiger partial charge in [-0.2, -0.15) is 0 Å². The molecule has 0 spiro atoms. The van der Waals surface area contributed by atoms with Gasteiger partial charge in [-0.1, -0.05) is 12.1 Å². The van der Waals surface area contributed by atoms with E-state index in [1.165, 1.54) is 12.1 Å². The van der Waals surface area contributed by atoms with E-state index in [1.54, 1.807) is 12.1 Å². The summed E-state index contributed by atoms with van der Waals surface area (Å²) in [5.41, 5.74) is 0.995. The maximum Gasteiger partial charge on any atom is 0.222 e. The molecule has 150 valence electrons. The Balaban J connectivity index is 1.38. The lowest BCUT2D eigenvalue weighted by Gasteiger charge is -2.36. The Hall–Kier alpha value is -2.76. The van der Waals surface area contributed by atoms with Crippen LogP contribution in [0.3, 0.4) is 0 Å². The molecular weight excluding hydrogens is 359 g/mol. The molecule has 28 heavy (non-hydrogen) atoms. The van der Waals surface area contributed by atoms with Crippen molar-refractivity contribution in [2.45, 2.75) is 19.8 Å². The molecule has 0 bridgehead atoms. The van der Waals surface area contributed by atoms with E-state index in [4.69, 9.17) is 9.47 Å². The molecule has 1 aliphatic heterocycles. The average Bonchev–Trinajstić information content (AvgIpc) is 2.73. The molecule has 1 amide bonds. The molecule has 0 unspecified atom stereocenters. The summed E-state index contributed by atoms with van der Waals surface area (Å²) >= 11 is 0. The van der Waals surface area contributed by atoms with Crippen LogP contribution in [0.1, 0.15) is 19.8 Å². The minimum atomic E-state index is -0.233. The molecule has 0 atom stereocenters. The third-order valence-corrected chi connectivity index (χ3v) is 4.77. The van der Waals surface area contributed by atoms with Crippen LogP contribution >= 0.6 is 0 Å². The van der Waals surface area contributed by atoms with Crippen molar-refractivity contribution in [1.29, 1.82) is 0 Å². The number of para-hydroxylation sites is 2. The normalized spacial score (nSPS) is 14.1. The minimum absolute atomic E-state index is 0.153. The zero-order valence-electron chi connectivity index (χ0n) is 16.3. The predicted octanol–water partition coefficient (Wildman–Crippen LogP) is 3.73. The first kappa shape index (κ1) is 20.0. The Morgan fingerprint density at radius 3 is 2.25 bits per heavy atom. The molecule has 0 aromatic heterocycles. The number of benzene rings is 2. The zero-order chi connectivity index (χ0) is 19.8. The highest BCUT2D eigenvalue weighted by molar-refractivity contribution is 5.76. The van der Waals surface area contributed by atoms with E-state index in [-0.39, 0.29) is 11.7 Å². The fraction of sp³-hybridized carbons (Fsp3) is 0.409. The molecule has 0 radical (unpaired) electrons. The van der Waals surface area contributed by atoms with Gasteiger partial charge in [0.25, 0.3) is 0 Å². The van der Waals surface area contributed by atoms with E-state index in [1.807, 2.05) is 36.1 Å². The number of carbonyl (C=O) groups excluding carboxylic acids is 1. The molecule has 2 aromatic rings. The van der Waals surface area contributed by atoms with Crippen molar-refractivity contribution >= 4 is 11.6 Å². The number of amides is 1. The molecule has 1 saturated heterocycles. The van der Waals surface area contributed by atoms with E-state index < -0.39 is 0 Å². The van der Waals surface area contributed by atoms with Gasteiger partial charge in [-0.05, 0) is 49.7 Å². The summed E-state index contributed by atoms with van der Waals surface area (Å²) in [6, 6.07) is 14.1. The smallest absolute Gasteiger partial charge is 0.222 e. The van der Waals surface area contributed by atoms with E-state index in [0.29, 0.717) is 44.9 Å². The number of nitrogens with zero attached hydrogens (tertiary/aromatic N) is 2. The van der Waals surface area contributed by atoms with E-state index in [2.05, 4.69) is 4.90 Å². The van der Waals surface area contributed by atoms with Gasteiger partial charge < -0.3 is 19.3 Å². The second-order valence-corrected chi connectivity index (χ2v) is 6.68. The van der Waals surface area contributed by atoms with Crippen LogP contribution in [0.15, 0.2) is 48.5 Å². The number of piperazine rings is 1. The summed E-state index contributed by atoms with van der Waals surface area (Å²) in [6.45, 7) is 5.89. The zero-order valence-corrected chi connectivity index (χ0v) is 16.3. The molecule has 3 rings (SSSR count). The number of hydrogen-bond acceptors (Lipinski definition) is 4. The van der Waals surface area contributed by atoms with Crippen LogP contribution in [0.25, 0.3) is 0 Å². The van der Waals surface area contributed by atoms with Gasteiger partial charge in [0.15, 0.2) is 11.5 Å². The summed E-state index contributed by atoms with van der Waals surface area (Å²) in [7, 11) is 0. The number of carbonyl (C=O) groups is 1. The minimum Gasteiger partial charge on any atom is -0.490 e. The number of halogens is 1. The van der Waals surface area contributed by atoms with E-state index in [9.17, 15) is 9.18 Å². The molecule has 1 fully saturated rings. The van der Waals surface area contributed by atoms with Crippen LogP contribution in [0, 0.1) is 5.82 Å². The lowest BCUT2D eigenvalue weighted by Crippen LogP contribution is -2.48. The number of ether oxygens (including phenoxy) is 2. The summed E-state index contributed by atoms with van der Waals surface area (Å²) in [6.07, 6.45) is 1.13. The fourth-order valence-electron chi connectivity index (χ4n) is 3.27. The van der Waals surface area contributed by atoms with Gasteiger partial charge in [-0.15, -0.1) is 0 Å². The van der Waals surface area contributed by atoms with Gasteiger partial charge in [0.2, 0.25) is 5.91 Å². The van der Waals surface area contributed by atoms with Gasteiger partial charge in [0, 0.05) is 38.3 Å². The second kappa shape index (κ2) is 9.97. The molecule has 0 N–H and O–H groups in total. The van der Waals surface area contributed by atoms with Crippen molar-refractivity contribution in [1.82, 2.24) is 4.90 Å². The van der Waals surface area contributed by atoms with E-state index >= 15 is 0 Å². The van der Waals surface area contributed by atoms with Gasteiger partial charge >= 0.3 is 0 Å². The SMILES string of the molecule is CCOc1ccccc1OCCCC(=O)N1CCN(c2ccc(F)cc2)CC1. The van der Waals surface area contributed by atoms with Gasteiger partial charge in [-0.25, -0.2) is 4.39 Å². The lowest BCUT2D eigenvalue weighted by atomic mass is 10.2. The standard InChI is InChI=1S/C22H27FN2O3/c1-2-27-20-6-3-4-7-21(20)28-17-5-8-22(26)25-15-13-24(14-16-25)19-11-9-18(23)10-12-19/h3-4,6-7,9-12H,2,5,8,13-17H2,1H3. The molecule has 1 heterocycles. The predicted molar refractivity (Wildman–Crippen MR) is 108 cm³/mol. The highest BCUT2D eigenvalue weighted by Crippen LogP contribution is 2.26. The Labute approximate surface area is 165 Å². The average molecular weight is 386 g/mol. The van der Waals surface area contributed by atoms with E-state index in [0.717, 1.165) is 24.5 Å². The highest BCUT2D eigenvalue weighted by atomic mass is 19.1. The molecule has 0 saturated carbocycles. The van der Waals surface area contributed by atoms with Gasteiger partial charge in [0.1, 0.15) is 5.82 Å². The fourth-order valence-corrected chi connectivity index (χ4v) is 3.27. The topological polar surface area (TPSA) is 42.0 Å². The number of hydrogen-bond donors (Lipinski definition) is 0. The Morgan fingerprint density at radius 1 is 0.964 bits per heavy atom. The van der Waals surface area contributed by atoms with Crippen LogP contribution in [0.5, 0.6) is 11.5 Å². The van der Waals surface area contributed by atoms with Crippen molar-refractivity contribution in [3.8, 4) is 11.5 Å². The maximum atomic E-state index is 13.0. The third-order valence-electron chi connectivity index (χ3n) is 4.77. The molecule has 0 aliphatic carbocycles. The molecule has 1 aliphatic rings. The highest BCUT2D eigenvalue weighted by Gasteiger charge is 2.21.